The van der Waals surface area contributed by atoms with Crippen LogP contribution in [0.2, 0.25) is 0 Å². The third-order valence-electron chi connectivity index (χ3n) is 4.85. The number of amides is 1. The molecule has 3 rings (SSSR count). The molecule has 0 saturated carbocycles. The number of carbonyl (C=O) groups is 1. The molecular weight excluding hydrogens is 366 g/mol. The molecule has 2 aromatic rings. The van der Waals surface area contributed by atoms with Gasteiger partial charge in [-0.25, -0.2) is 14.8 Å². The van der Waals surface area contributed by atoms with E-state index < -0.39 is 5.60 Å². The maximum Gasteiger partial charge on any atom is 0.410 e. The fraction of sp³-hybridized carbons (Fsp3) is 0.500. The first-order chi connectivity index (χ1) is 13.9. The number of anilines is 2. The molecular formula is C22H31N5O2. The van der Waals surface area contributed by atoms with Crippen LogP contribution in [0.1, 0.15) is 33.6 Å². The minimum atomic E-state index is -0.463. The van der Waals surface area contributed by atoms with Gasteiger partial charge in [0.15, 0.2) is 0 Å². The number of benzene rings is 1. The summed E-state index contributed by atoms with van der Waals surface area (Å²) in [7, 11) is 0. The first kappa shape index (κ1) is 20.9. The van der Waals surface area contributed by atoms with Crippen molar-refractivity contribution in [1.82, 2.24) is 14.9 Å². The molecule has 0 radical (unpaired) electrons. The van der Waals surface area contributed by atoms with Crippen LogP contribution < -0.4 is 10.2 Å². The number of hydrogen-bond donors (Lipinski definition) is 1. The Hall–Kier alpha value is -2.83. The van der Waals surface area contributed by atoms with Crippen LogP contribution in [0.4, 0.5) is 16.4 Å². The molecule has 0 unspecified atom stereocenters. The van der Waals surface area contributed by atoms with Gasteiger partial charge in [-0.05, 0) is 51.8 Å². The summed E-state index contributed by atoms with van der Waals surface area (Å²) in [4.78, 5) is 25.0. The summed E-state index contributed by atoms with van der Waals surface area (Å²) in [5, 5.41) is 3.29. The van der Waals surface area contributed by atoms with Crippen molar-refractivity contribution < 1.29 is 9.53 Å². The third-order valence-corrected chi connectivity index (χ3v) is 4.85. The summed E-state index contributed by atoms with van der Waals surface area (Å²) < 4.78 is 5.52. The number of likely N-dealkylation sites (tertiary alicyclic amines) is 1. The van der Waals surface area contributed by atoms with E-state index >= 15 is 0 Å². The van der Waals surface area contributed by atoms with Gasteiger partial charge in [-0.1, -0.05) is 18.2 Å². The lowest BCUT2D eigenvalue weighted by Crippen LogP contribution is -2.49. The largest absolute Gasteiger partial charge is 0.444 e. The highest BCUT2D eigenvalue weighted by Crippen LogP contribution is 2.24. The standard InChI is InChI=1S/C22H31N5O2/c1-22(2,3)29-21(28)26-15-10-19(11-16-26)27(18-8-5-4-6-9-18)17-14-25-20-23-12-7-13-24-20/h4-9,12-13,19H,10-11,14-17H2,1-3H3,(H,23,24,25). The van der Waals surface area contributed by atoms with Crippen LogP contribution in [0.3, 0.4) is 0 Å². The Kier molecular flexibility index (Phi) is 6.90. The van der Waals surface area contributed by atoms with E-state index in [-0.39, 0.29) is 6.09 Å². The zero-order chi connectivity index (χ0) is 20.7. The Morgan fingerprint density at radius 2 is 1.79 bits per heavy atom. The lowest BCUT2D eigenvalue weighted by molar-refractivity contribution is 0.0205. The molecule has 0 atom stereocenters. The molecule has 1 N–H and O–H groups in total. The molecule has 1 saturated heterocycles. The Morgan fingerprint density at radius 1 is 1.14 bits per heavy atom. The van der Waals surface area contributed by atoms with Gasteiger partial charge in [0.1, 0.15) is 5.60 Å². The van der Waals surface area contributed by atoms with Crippen LogP contribution in [0.15, 0.2) is 48.8 Å². The lowest BCUT2D eigenvalue weighted by atomic mass is 10.0. The van der Waals surface area contributed by atoms with Gasteiger partial charge in [-0.15, -0.1) is 0 Å². The predicted octanol–water partition coefficient (Wildman–Crippen LogP) is 3.79. The van der Waals surface area contributed by atoms with Crippen molar-refractivity contribution in [2.45, 2.75) is 45.3 Å². The first-order valence-electron chi connectivity index (χ1n) is 10.2. The molecule has 7 nitrogen and oxygen atoms in total. The summed E-state index contributed by atoms with van der Waals surface area (Å²) in [6.07, 6.45) is 5.07. The maximum absolute atomic E-state index is 12.4. The molecule has 7 heteroatoms. The number of hydrogen-bond acceptors (Lipinski definition) is 6. The molecule has 0 bridgehead atoms. The Labute approximate surface area is 173 Å². The lowest BCUT2D eigenvalue weighted by Gasteiger charge is -2.40. The Bertz CT molecular complexity index is 756. The highest BCUT2D eigenvalue weighted by molar-refractivity contribution is 5.68. The monoisotopic (exact) mass is 397 g/mol. The second-order valence-electron chi connectivity index (χ2n) is 8.23. The van der Waals surface area contributed by atoms with E-state index in [9.17, 15) is 4.79 Å². The van der Waals surface area contributed by atoms with Crippen LogP contribution in [0, 0.1) is 0 Å². The zero-order valence-corrected chi connectivity index (χ0v) is 17.5. The highest BCUT2D eigenvalue weighted by Gasteiger charge is 2.29. The Balaban J connectivity index is 1.59. The summed E-state index contributed by atoms with van der Waals surface area (Å²) >= 11 is 0. The third kappa shape index (κ3) is 6.34. The number of nitrogens with zero attached hydrogens (tertiary/aromatic N) is 4. The molecule has 0 aliphatic carbocycles. The molecule has 1 aromatic heterocycles. The summed E-state index contributed by atoms with van der Waals surface area (Å²) in [5.74, 6) is 0.639. The van der Waals surface area contributed by atoms with Crippen LogP contribution in [-0.4, -0.2) is 58.8 Å². The molecule has 2 heterocycles. The quantitative estimate of drug-likeness (QED) is 0.800. The zero-order valence-electron chi connectivity index (χ0n) is 17.5. The Morgan fingerprint density at radius 3 is 2.41 bits per heavy atom. The van der Waals surface area contributed by atoms with Gasteiger partial charge in [-0.3, -0.25) is 0 Å². The van der Waals surface area contributed by atoms with Crippen LogP contribution in [-0.2, 0) is 4.74 Å². The minimum absolute atomic E-state index is 0.217. The molecule has 1 fully saturated rings. The van der Waals surface area contributed by atoms with E-state index in [0.717, 1.165) is 25.9 Å². The summed E-state index contributed by atoms with van der Waals surface area (Å²) in [6, 6.07) is 12.6. The molecule has 1 amide bonds. The van der Waals surface area contributed by atoms with E-state index in [1.54, 1.807) is 18.5 Å². The van der Waals surface area contributed by atoms with Crippen molar-refractivity contribution >= 4 is 17.7 Å². The van der Waals surface area contributed by atoms with Crippen LogP contribution in [0.5, 0.6) is 0 Å². The number of carbonyl (C=O) groups excluding carboxylic acids is 1. The van der Waals surface area contributed by atoms with Crippen molar-refractivity contribution in [2.24, 2.45) is 0 Å². The molecule has 1 aromatic carbocycles. The van der Waals surface area contributed by atoms with Gasteiger partial charge in [0.2, 0.25) is 5.95 Å². The van der Waals surface area contributed by atoms with Crippen LogP contribution >= 0.6 is 0 Å². The van der Waals surface area contributed by atoms with Gasteiger partial charge in [0.05, 0.1) is 0 Å². The molecule has 29 heavy (non-hydrogen) atoms. The van der Waals surface area contributed by atoms with Gasteiger partial charge in [0.25, 0.3) is 0 Å². The minimum Gasteiger partial charge on any atom is -0.444 e. The van der Waals surface area contributed by atoms with Crippen molar-refractivity contribution in [3.8, 4) is 0 Å². The number of aromatic nitrogens is 2. The van der Waals surface area contributed by atoms with Crippen molar-refractivity contribution in [3.05, 3.63) is 48.8 Å². The van der Waals surface area contributed by atoms with Gasteiger partial charge < -0.3 is 19.9 Å². The highest BCUT2D eigenvalue weighted by atomic mass is 16.6. The van der Waals surface area contributed by atoms with Gasteiger partial charge in [-0.2, -0.15) is 0 Å². The van der Waals surface area contributed by atoms with E-state index in [1.807, 2.05) is 31.7 Å². The van der Waals surface area contributed by atoms with Crippen molar-refractivity contribution in [2.75, 3.05) is 36.4 Å². The normalized spacial score (nSPS) is 15.1. The van der Waals surface area contributed by atoms with Gasteiger partial charge >= 0.3 is 6.09 Å². The SMILES string of the molecule is CC(C)(C)OC(=O)N1CCC(N(CCNc2ncccn2)c2ccccc2)CC1. The first-order valence-corrected chi connectivity index (χ1v) is 10.2. The molecule has 1 aliphatic rings. The molecule has 156 valence electrons. The predicted molar refractivity (Wildman–Crippen MR) is 115 cm³/mol. The van der Waals surface area contributed by atoms with Crippen molar-refractivity contribution in [1.29, 1.82) is 0 Å². The number of rotatable bonds is 6. The number of ether oxygens (including phenoxy) is 1. The molecule has 1 aliphatic heterocycles. The summed E-state index contributed by atoms with van der Waals surface area (Å²) in [5.41, 5.74) is 0.730. The van der Waals surface area contributed by atoms with E-state index in [1.165, 1.54) is 5.69 Å². The van der Waals surface area contributed by atoms with Crippen molar-refractivity contribution in [3.63, 3.8) is 0 Å². The smallest absolute Gasteiger partial charge is 0.410 e. The van der Waals surface area contributed by atoms with E-state index in [2.05, 4.69) is 44.5 Å². The van der Waals surface area contributed by atoms with E-state index in [4.69, 9.17) is 4.74 Å². The summed E-state index contributed by atoms with van der Waals surface area (Å²) in [6.45, 7) is 8.69. The topological polar surface area (TPSA) is 70.6 Å². The number of para-hydroxylation sites is 1. The number of piperidine rings is 1. The van der Waals surface area contributed by atoms with E-state index in [0.29, 0.717) is 25.1 Å². The fourth-order valence-electron chi connectivity index (χ4n) is 3.51. The van der Waals surface area contributed by atoms with Gasteiger partial charge in [0, 0.05) is 50.3 Å². The average molecular weight is 398 g/mol. The average Bonchev–Trinajstić information content (AvgIpc) is 2.72. The number of nitrogens with one attached hydrogen (secondary N) is 1. The second kappa shape index (κ2) is 9.58. The second-order valence-corrected chi connectivity index (χ2v) is 8.23. The maximum atomic E-state index is 12.4. The fourth-order valence-corrected chi connectivity index (χ4v) is 3.51. The molecule has 0 spiro atoms. The van der Waals surface area contributed by atoms with Crippen LogP contribution in [0.25, 0.3) is 0 Å².